The van der Waals surface area contributed by atoms with Crippen LogP contribution in [0, 0.1) is 17.8 Å². The first kappa shape index (κ1) is 22.3. The van der Waals surface area contributed by atoms with Crippen LogP contribution in [0.3, 0.4) is 0 Å². The molecule has 2 N–H and O–H groups in total. The van der Waals surface area contributed by atoms with E-state index in [0.717, 1.165) is 0 Å². The monoisotopic (exact) mass is 369 g/mol. The van der Waals surface area contributed by atoms with Gasteiger partial charge in [0.15, 0.2) is 0 Å². The fourth-order valence-electron chi connectivity index (χ4n) is 2.99. The minimum Gasteiger partial charge on any atom is -0.453 e. The van der Waals surface area contributed by atoms with E-state index in [4.69, 9.17) is 0 Å². The predicted octanol–water partition coefficient (Wildman–Crippen LogP) is 2.16. The van der Waals surface area contributed by atoms with Gasteiger partial charge in [0.25, 0.3) is 0 Å². The average Bonchev–Trinajstić information content (AvgIpc) is 2.59. The van der Waals surface area contributed by atoms with Crippen LogP contribution in [0.5, 0.6) is 0 Å². The molecule has 26 heavy (non-hydrogen) atoms. The van der Waals surface area contributed by atoms with Crippen molar-refractivity contribution in [2.45, 2.75) is 66.0 Å². The summed E-state index contributed by atoms with van der Waals surface area (Å²) in [4.78, 5) is 38.4. The highest BCUT2D eigenvalue weighted by Gasteiger charge is 2.32. The van der Waals surface area contributed by atoms with Gasteiger partial charge in [-0.25, -0.2) is 4.79 Å². The summed E-state index contributed by atoms with van der Waals surface area (Å²) in [6.45, 7) is 11.2. The number of methoxy groups -OCH3 is 1. The van der Waals surface area contributed by atoms with Crippen molar-refractivity contribution < 1.29 is 19.1 Å². The van der Waals surface area contributed by atoms with E-state index in [9.17, 15) is 14.4 Å². The Morgan fingerprint density at radius 1 is 1.04 bits per heavy atom. The molecule has 1 aliphatic heterocycles. The Morgan fingerprint density at radius 3 is 2.08 bits per heavy atom. The summed E-state index contributed by atoms with van der Waals surface area (Å²) in [6.07, 6.45) is 1.26. The molecule has 1 aliphatic rings. The van der Waals surface area contributed by atoms with Gasteiger partial charge < -0.3 is 20.3 Å². The van der Waals surface area contributed by atoms with E-state index in [-0.39, 0.29) is 29.7 Å². The van der Waals surface area contributed by atoms with Crippen molar-refractivity contribution in [3.05, 3.63) is 0 Å². The van der Waals surface area contributed by atoms with Crippen LogP contribution in [0.1, 0.15) is 53.9 Å². The SMILES string of the molecule is COC(=O)NC(CC(C)C)C(=O)N1CCC(C(=O)NC(C)C(C)C)CC1. The van der Waals surface area contributed by atoms with E-state index in [0.29, 0.717) is 38.3 Å². The predicted molar refractivity (Wildman–Crippen MR) is 101 cm³/mol. The molecule has 0 radical (unpaired) electrons. The van der Waals surface area contributed by atoms with Crippen molar-refractivity contribution in [3.63, 3.8) is 0 Å². The number of ether oxygens (including phenoxy) is 1. The quantitative estimate of drug-likeness (QED) is 0.720. The molecule has 0 aromatic rings. The van der Waals surface area contributed by atoms with E-state index in [2.05, 4.69) is 29.2 Å². The third-order valence-corrected chi connectivity index (χ3v) is 5.03. The number of carbonyl (C=O) groups is 3. The van der Waals surface area contributed by atoms with Crippen molar-refractivity contribution in [1.82, 2.24) is 15.5 Å². The maximum Gasteiger partial charge on any atom is 0.407 e. The molecule has 2 unspecified atom stereocenters. The lowest BCUT2D eigenvalue weighted by Gasteiger charge is -2.34. The maximum atomic E-state index is 12.8. The smallest absolute Gasteiger partial charge is 0.407 e. The van der Waals surface area contributed by atoms with E-state index >= 15 is 0 Å². The molecule has 0 spiro atoms. The Bertz CT molecular complexity index is 485. The van der Waals surface area contributed by atoms with Gasteiger partial charge in [-0.1, -0.05) is 27.7 Å². The molecule has 0 aliphatic carbocycles. The van der Waals surface area contributed by atoms with E-state index < -0.39 is 12.1 Å². The Labute approximate surface area is 157 Å². The number of carbonyl (C=O) groups excluding carboxylic acids is 3. The van der Waals surface area contributed by atoms with Crippen LogP contribution in [-0.2, 0) is 14.3 Å². The highest BCUT2D eigenvalue weighted by molar-refractivity contribution is 5.86. The number of rotatable bonds is 7. The van der Waals surface area contributed by atoms with Gasteiger partial charge in [0.2, 0.25) is 11.8 Å². The highest BCUT2D eigenvalue weighted by atomic mass is 16.5. The van der Waals surface area contributed by atoms with Crippen LogP contribution in [0.15, 0.2) is 0 Å². The molecule has 1 fully saturated rings. The molecule has 1 saturated heterocycles. The minimum atomic E-state index is -0.596. The average molecular weight is 370 g/mol. The molecule has 2 atom stereocenters. The Balaban J connectivity index is 2.59. The summed E-state index contributed by atoms with van der Waals surface area (Å²) in [6, 6.07) is -0.448. The van der Waals surface area contributed by atoms with Gasteiger partial charge >= 0.3 is 6.09 Å². The van der Waals surface area contributed by atoms with Crippen molar-refractivity contribution in [2.75, 3.05) is 20.2 Å². The standard InChI is InChI=1S/C19H35N3O4/c1-12(2)11-16(21-19(25)26-6)18(24)22-9-7-15(8-10-22)17(23)20-14(5)13(3)4/h12-16H,7-11H2,1-6H3,(H,20,23)(H,21,25). The van der Waals surface area contributed by atoms with Gasteiger partial charge in [-0.15, -0.1) is 0 Å². The van der Waals surface area contributed by atoms with Gasteiger partial charge in [-0.05, 0) is 38.0 Å². The lowest BCUT2D eigenvalue weighted by molar-refractivity contribution is -0.137. The molecular formula is C19H35N3O4. The van der Waals surface area contributed by atoms with Gasteiger partial charge in [-0.2, -0.15) is 0 Å². The first-order valence-corrected chi connectivity index (χ1v) is 9.59. The van der Waals surface area contributed by atoms with Crippen LogP contribution < -0.4 is 10.6 Å². The maximum absolute atomic E-state index is 12.8. The second-order valence-corrected chi connectivity index (χ2v) is 7.96. The number of nitrogens with one attached hydrogen (secondary N) is 2. The molecule has 0 aromatic carbocycles. The number of piperidine rings is 1. The number of alkyl carbamates (subject to hydrolysis) is 1. The van der Waals surface area contributed by atoms with Crippen molar-refractivity contribution in [3.8, 4) is 0 Å². The van der Waals surface area contributed by atoms with Gasteiger partial charge in [0.05, 0.1) is 7.11 Å². The Morgan fingerprint density at radius 2 is 1.62 bits per heavy atom. The fraction of sp³-hybridized carbons (Fsp3) is 0.842. The zero-order valence-corrected chi connectivity index (χ0v) is 17.0. The van der Waals surface area contributed by atoms with Crippen LogP contribution in [-0.4, -0.2) is 55.1 Å². The summed E-state index contributed by atoms with van der Waals surface area (Å²) in [5, 5.41) is 5.70. The second kappa shape index (κ2) is 10.4. The zero-order chi connectivity index (χ0) is 19.9. The Hall–Kier alpha value is -1.79. The molecule has 0 aromatic heterocycles. The molecule has 7 heteroatoms. The third kappa shape index (κ3) is 6.84. The number of nitrogens with zero attached hydrogens (tertiary/aromatic N) is 1. The van der Waals surface area contributed by atoms with Crippen molar-refractivity contribution in [2.24, 2.45) is 17.8 Å². The van der Waals surface area contributed by atoms with Gasteiger partial charge in [-0.3, -0.25) is 9.59 Å². The highest BCUT2D eigenvalue weighted by Crippen LogP contribution is 2.20. The summed E-state index contributed by atoms with van der Waals surface area (Å²) >= 11 is 0. The number of hydrogen-bond donors (Lipinski definition) is 2. The molecular weight excluding hydrogens is 334 g/mol. The summed E-state index contributed by atoms with van der Waals surface area (Å²) < 4.78 is 4.63. The largest absolute Gasteiger partial charge is 0.453 e. The summed E-state index contributed by atoms with van der Waals surface area (Å²) in [5.41, 5.74) is 0. The van der Waals surface area contributed by atoms with Gasteiger partial charge in [0.1, 0.15) is 6.04 Å². The van der Waals surface area contributed by atoms with Gasteiger partial charge in [0, 0.05) is 25.0 Å². The van der Waals surface area contributed by atoms with Crippen LogP contribution in [0.25, 0.3) is 0 Å². The molecule has 150 valence electrons. The number of amides is 3. The summed E-state index contributed by atoms with van der Waals surface area (Å²) in [5.74, 6) is 0.573. The minimum absolute atomic E-state index is 0.0580. The first-order valence-electron chi connectivity index (χ1n) is 9.59. The molecule has 0 saturated carbocycles. The molecule has 7 nitrogen and oxygen atoms in total. The van der Waals surface area contributed by atoms with Crippen molar-refractivity contribution >= 4 is 17.9 Å². The normalized spacial score (nSPS) is 17.8. The lowest BCUT2D eigenvalue weighted by atomic mass is 9.93. The topological polar surface area (TPSA) is 87.7 Å². The van der Waals surface area contributed by atoms with Crippen molar-refractivity contribution in [1.29, 1.82) is 0 Å². The number of hydrogen-bond acceptors (Lipinski definition) is 4. The summed E-state index contributed by atoms with van der Waals surface area (Å²) in [7, 11) is 1.29. The van der Waals surface area contributed by atoms with Crippen LogP contribution >= 0.6 is 0 Å². The molecule has 3 amide bonds. The van der Waals surface area contributed by atoms with E-state index in [1.54, 1.807) is 4.90 Å². The van der Waals surface area contributed by atoms with Crippen LogP contribution in [0.4, 0.5) is 4.79 Å². The molecule has 1 heterocycles. The van der Waals surface area contributed by atoms with Crippen LogP contribution in [0.2, 0.25) is 0 Å². The third-order valence-electron chi connectivity index (χ3n) is 5.03. The van der Waals surface area contributed by atoms with E-state index in [1.807, 2.05) is 20.8 Å². The zero-order valence-electron chi connectivity index (χ0n) is 17.0. The molecule has 0 bridgehead atoms. The lowest BCUT2D eigenvalue weighted by Crippen LogP contribution is -2.52. The first-order chi connectivity index (χ1) is 12.1. The Kier molecular flexibility index (Phi) is 8.88. The van der Waals surface area contributed by atoms with E-state index in [1.165, 1.54) is 7.11 Å². The second-order valence-electron chi connectivity index (χ2n) is 7.96. The number of likely N-dealkylation sites (tertiary alicyclic amines) is 1. The molecule has 1 rings (SSSR count). The fourth-order valence-corrected chi connectivity index (χ4v) is 2.99.